The fourth-order valence-electron chi connectivity index (χ4n) is 3.41. The van der Waals surface area contributed by atoms with E-state index in [9.17, 15) is 9.59 Å². The lowest BCUT2D eigenvalue weighted by Crippen LogP contribution is -2.54. The summed E-state index contributed by atoms with van der Waals surface area (Å²) in [6.07, 6.45) is 3.66. The van der Waals surface area contributed by atoms with Gasteiger partial charge in [-0.25, -0.2) is 0 Å². The zero-order chi connectivity index (χ0) is 18.3. The number of aryl methyl sites for hydroxylation is 1. The number of hydrogen-bond acceptors (Lipinski definition) is 3. The Kier molecular flexibility index (Phi) is 7.00. The number of amides is 2. The number of nitrogens with zero attached hydrogens (tertiary/aromatic N) is 2. The van der Waals surface area contributed by atoms with Crippen molar-refractivity contribution in [2.75, 3.05) is 26.2 Å². The summed E-state index contributed by atoms with van der Waals surface area (Å²) in [5.74, 6) is 0.176. The molecule has 25 heavy (non-hydrogen) atoms. The lowest BCUT2D eigenvalue weighted by Gasteiger charge is -2.31. The van der Waals surface area contributed by atoms with Crippen molar-refractivity contribution in [1.29, 1.82) is 0 Å². The molecule has 2 N–H and O–H groups in total. The average molecular weight is 345 g/mol. The van der Waals surface area contributed by atoms with E-state index >= 15 is 0 Å². The molecule has 1 unspecified atom stereocenters. The fraction of sp³-hybridized carbons (Fsp3) is 0.600. The molecule has 1 aliphatic rings. The Morgan fingerprint density at radius 3 is 2.40 bits per heavy atom. The molecule has 0 aromatic heterocycles. The van der Waals surface area contributed by atoms with Gasteiger partial charge in [0.15, 0.2) is 0 Å². The van der Waals surface area contributed by atoms with Gasteiger partial charge in [0.05, 0.1) is 5.54 Å². The van der Waals surface area contributed by atoms with E-state index in [0.717, 1.165) is 19.3 Å². The third-order valence-electron chi connectivity index (χ3n) is 4.86. The highest BCUT2D eigenvalue weighted by Crippen LogP contribution is 2.15. The second-order valence-electron chi connectivity index (χ2n) is 7.18. The van der Waals surface area contributed by atoms with Crippen LogP contribution in [-0.2, 0) is 16.0 Å². The molecule has 1 heterocycles. The summed E-state index contributed by atoms with van der Waals surface area (Å²) in [6, 6.07) is 10.1. The predicted octanol–water partition coefficient (Wildman–Crippen LogP) is 2.20. The van der Waals surface area contributed by atoms with Crippen LogP contribution in [0.1, 0.15) is 45.1 Å². The number of nitrogens with two attached hydrogens (primary N) is 1. The molecule has 1 aromatic rings. The molecule has 1 atom stereocenters. The van der Waals surface area contributed by atoms with E-state index in [1.165, 1.54) is 5.56 Å². The van der Waals surface area contributed by atoms with Crippen molar-refractivity contribution < 1.29 is 9.59 Å². The molecule has 1 saturated heterocycles. The van der Waals surface area contributed by atoms with E-state index in [1.807, 2.05) is 54.0 Å². The minimum absolute atomic E-state index is 0.00735. The molecule has 1 aliphatic heterocycles. The van der Waals surface area contributed by atoms with E-state index < -0.39 is 5.54 Å². The normalized spacial score (nSPS) is 17.7. The molecule has 0 saturated carbocycles. The third-order valence-corrected chi connectivity index (χ3v) is 4.86. The summed E-state index contributed by atoms with van der Waals surface area (Å²) in [4.78, 5) is 28.9. The molecular weight excluding hydrogens is 314 g/mol. The van der Waals surface area contributed by atoms with Crippen molar-refractivity contribution >= 4 is 11.8 Å². The van der Waals surface area contributed by atoms with Gasteiger partial charge in [-0.15, -0.1) is 0 Å². The maximum absolute atomic E-state index is 12.6. The van der Waals surface area contributed by atoms with Crippen LogP contribution in [0.2, 0.25) is 0 Å². The Hall–Kier alpha value is -1.88. The first-order valence-electron chi connectivity index (χ1n) is 9.34. The van der Waals surface area contributed by atoms with E-state index in [1.54, 1.807) is 0 Å². The van der Waals surface area contributed by atoms with Gasteiger partial charge < -0.3 is 15.5 Å². The molecule has 5 nitrogen and oxygen atoms in total. The molecule has 0 aliphatic carbocycles. The smallest absolute Gasteiger partial charge is 0.242 e. The largest absolute Gasteiger partial charge is 0.341 e. The first-order valence-corrected chi connectivity index (χ1v) is 9.34. The molecule has 0 bridgehead atoms. The van der Waals surface area contributed by atoms with Crippen LogP contribution in [0.3, 0.4) is 0 Å². The number of rotatable bonds is 6. The van der Waals surface area contributed by atoms with Crippen molar-refractivity contribution in [2.45, 2.75) is 51.5 Å². The summed E-state index contributed by atoms with van der Waals surface area (Å²) in [5, 5.41) is 0. The molecule has 2 rings (SSSR count). The second kappa shape index (κ2) is 8.99. The monoisotopic (exact) mass is 345 g/mol. The zero-order valence-corrected chi connectivity index (χ0v) is 15.5. The Bertz CT molecular complexity index is 572. The highest BCUT2D eigenvalue weighted by molar-refractivity contribution is 5.85. The molecular formula is C20H31N3O2. The minimum Gasteiger partial charge on any atom is -0.341 e. The van der Waals surface area contributed by atoms with Crippen LogP contribution in [0, 0.1) is 0 Å². The summed E-state index contributed by atoms with van der Waals surface area (Å²) in [7, 11) is 0. The summed E-state index contributed by atoms with van der Waals surface area (Å²) < 4.78 is 0. The zero-order valence-electron chi connectivity index (χ0n) is 15.5. The highest BCUT2D eigenvalue weighted by Gasteiger charge is 2.33. The maximum atomic E-state index is 12.6. The van der Waals surface area contributed by atoms with Crippen LogP contribution in [0.25, 0.3) is 0 Å². The van der Waals surface area contributed by atoms with Crippen LogP contribution in [0.4, 0.5) is 0 Å². The Labute approximate surface area is 151 Å². The minimum atomic E-state index is -0.804. The fourth-order valence-corrected chi connectivity index (χ4v) is 3.41. The van der Waals surface area contributed by atoms with Crippen LogP contribution in [0.5, 0.6) is 0 Å². The van der Waals surface area contributed by atoms with Crippen LogP contribution in [0.15, 0.2) is 30.3 Å². The molecule has 5 heteroatoms. The van der Waals surface area contributed by atoms with Crippen molar-refractivity contribution in [3.05, 3.63) is 35.9 Å². The second-order valence-corrected chi connectivity index (χ2v) is 7.18. The van der Waals surface area contributed by atoms with Crippen molar-refractivity contribution in [2.24, 2.45) is 5.73 Å². The highest BCUT2D eigenvalue weighted by atomic mass is 16.2. The van der Waals surface area contributed by atoms with Gasteiger partial charge >= 0.3 is 0 Å². The molecule has 2 amide bonds. The van der Waals surface area contributed by atoms with E-state index in [-0.39, 0.29) is 11.8 Å². The quantitative estimate of drug-likeness (QED) is 0.859. The van der Waals surface area contributed by atoms with Crippen molar-refractivity contribution in [3.8, 4) is 0 Å². The molecule has 1 aromatic carbocycles. The topological polar surface area (TPSA) is 66.6 Å². The summed E-state index contributed by atoms with van der Waals surface area (Å²) in [5.41, 5.74) is 6.56. The first kappa shape index (κ1) is 19.4. The van der Waals surface area contributed by atoms with Crippen LogP contribution in [-0.4, -0.2) is 53.3 Å². The van der Waals surface area contributed by atoms with Gasteiger partial charge in [0.1, 0.15) is 0 Å². The van der Waals surface area contributed by atoms with Gasteiger partial charge in [-0.05, 0) is 31.7 Å². The Balaban J connectivity index is 1.86. The standard InChI is InChI=1S/C20H31N3O2/c1-3-12-20(2,21)19(25)23-14-7-13-22(15-16-23)18(24)11-10-17-8-5-4-6-9-17/h4-6,8-9H,3,7,10-16,21H2,1-2H3. The van der Waals surface area contributed by atoms with Gasteiger partial charge in [-0.3, -0.25) is 9.59 Å². The van der Waals surface area contributed by atoms with Crippen molar-refractivity contribution in [1.82, 2.24) is 9.80 Å². The van der Waals surface area contributed by atoms with Crippen LogP contribution >= 0.6 is 0 Å². The van der Waals surface area contributed by atoms with Gasteiger partial charge in [0.25, 0.3) is 0 Å². The summed E-state index contributed by atoms with van der Waals surface area (Å²) in [6.45, 7) is 6.42. The van der Waals surface area contributed by atoms with E-state index in [4.69, 9.17) is 5.73 Å². The molecule has 0 spiro atoms. The molecule has 138 valence electrons. The number of carbonyl (C=O) groups is 2. The third kappa shape index (κ3) is 5.56. The predicted molar refractivity (Wildman–Crippen MR) is 100 cm³/mol. The molecule has 0 radical (unpaired) electrons. The van der Waals surface area contributed by atoms with Crippen LogP contribution < -0.4 is 5.73 Å². The van der Waals surface area contributed by atoms with Gasteiger partial charge in [0, 0.05) is 32.6 Å². The Morgan fingerprint density at radius 1 is 1.08 bits per heavy atom. The summed E-state index contributed by atoms with van der Waals surface area (Å²) >= 11 is 0. The lowest BCUT2D eigenvalue weighted by molar-refractivity contribution is -0.137. The van der Waals surface area contributed by atoms with Gasteiger partial charge in [0.2, 0.25) is 11.8 Å². The van der Waals surface area contributed by atoms with E-state index in [0.29, 0.717) is 39.0 Å². The van der Waals surface area contributed by atoms with Gasteiger partial charge in [-0.2, -0.15) is 0 Å². The van der Waals surface area contributed by atoms with Gasteiger partial charge in [-0.1, -0.05) is 43.7 Å². The average Bonchev–Trinajstić information content (AvgIpc) is 2.86. The number of hydrogen-bond donors (Lipinski definition) is 1. The molecule has 1 fully saturated rings. The SMILES string of the molecule is CCCC(C)(N)C(=O)N1CCCN(C(=O)CCc2ccccc2)CC1. The number of carbonyl (C=O) groups excluding carboxylic acids is 2. The Morgan fingerprint density at radius 2 is 1.72 bits per heavy atom. The lowest BCUT2D eigenvalue weighted by atomic mass is 9.95. The first-order chi connectivity index (χ1) is 11.9. The maximum Gasteiger partial charge on any atom is 0.242 e. The number of benzene rings is 1. The van der Waals surface area contributed by atoms with Crippen molar-refractivity contribution in [3.63, 3.8) is 0 Å². The van der Waals surface area contributed by atoms with E-state index in [2.05, 4.69) is 0 Å².